The molecular weight excluding hydrogens is 526 g/mol. The maximum absolute atomic E-state index is 12.7. The van der Waals surface area contributed by atoms with Crippen molar-refractivity contribution in [3.63, 3.8) is 0 Å². The van der Waals surface area contributed by atoms with Gasteiger partial charge in [-0.25, -0.2) is 10.2 Å². The molecule has 10 heteroatoms. The first-order chi connectivity index (χ1) is 18.4. The zero-order chi connectivity index (χ0) is 26.9. The summed E-state index contributed by atoms with van der Waals surface area (Å²) in [5.41, 5.74) is 3.35. The second kappa shape index (κ2) is 12.8. The van der Waals surface area contributed by atoms with Crippen molar-refractivity contribution >= 4 is 57.0 Å². The lowest BCUT2D eigenvalue weighted by atomic mass is 10.2. The van der Waals surface area contributed by atoms with Crippen LogP contribution in [0.5, 0.6) is 11.5 Å². The fourth-order valence-corrected chi connectivity index (χ4v) is 4.75. The van der Waals surface area contributed by atoms with Crippen LogP contribution < -0.4 is 20.2 Å². The number of nitrogens with zero attached hydrogens (tertiary/aromatic N) is 1. The summed E-state index contributed by atoms with van der Waals surface area (Å²) >= 11 is 7.63. The van der Waals surface area contributed by atoms with Gasteiger partial charge in [0, 0.05) is 15.6 Å². The number of ether oxygens (including phenoxy) is 2. The van der Waals surface area contributed by atoms with Gasteiger partial charge in [0.25, 0.3) is 11.8 Å². The Morgan fingerprint density at radius 1 is 1.00 bits per heavy atom. The van der Waals surface area contributed by atoms with Crippen molar-refractivity contribution in [3.8, 4) is 11.5 Å². The lowest BCUT2D eigenvalue weighted by Gasteiger charge is -2.07. The molecule has 0 spiro atoms. The summed E-state index contributed by atoms with van der Waals surface area (Å²) in [7, 11) is 0. The molecule has 0 saturated carbocycles. The third kappa shape index (κ3) is 6.96. The van der Waals surface area contributed by atoms with Crippen LogP contribution in [0.15, 0.2) is 77.9 Å². The maximum atomic E-state index is 12.7. The van der Waals surface area contributed by atoms with Crippen LogP contribution in [0.2, 0.25) is 5.02 Å². The Balaban J connectivity index is 1.27. The van der Waals surface area contributed by atoms with E-state index in [2.05, 4.69) is 15.8 Å². The lowest BCUT2D eigenvalue weighted by molar-refractivity contribution is -0.120. The van der Waals surface area contributed by atoms with Crippen LogP contribution in [-0.4, -0.2) is 37.1 Å². The largest absolute Gasteiger partial charge is 0.494 e. The van der Waals surface area contributed by atoms with Crippen LogP contribution >= 0.6 is 22.9 Å². The molecule has 0 atom stereocenters. The number of hydrazone groups is 1. The molecule has 3 aromatic carbocycles. The molecule has 194 valence electrons. The minimum atomic E-state index is -0.558. The number of hydrogen-bond acceptors (Lipinski definition) is 7. The summed E-state index contributed by atoms with van der Waals surface area (Å²) in [6, 6.07) is 20.8. The van der Waals surface area contributed by atoms with Crippen molar-refractivity contribution < 1.29 is 23.9 Å². The monoisotopic (exact) mass is 549 g/mol. The molecule has 2 N–H and O–H groups in total. The van der Waals surface area contributed by atoms with Gasteiger partial charge in [-0.3, -0.25) is 9.59 Å². The third-order valence-electron chi connectivity index (χ3n) is 5.19. The van der Waals surface area contributed by atoms with Gasteiger partial charge in [0.05, 0.1) is 24.4 Å². The predicted octanol–water partition coefficient (Wildman–Crippen LogP) is 5.44. The average Bonchev–Trinajstić information content (AvgIpc) is 3.27. The number of benzene rings is 3. The van der Waals surface area contributed by atoms with E-state index in [0.29, 0.717) is 39.1 Å². The summed E-state index contributed by atoms with van der Waals surface area (Å²) in [5.74, 6) is -0.466. The number of carbonyl (C=O) groups is 3. The van der Waals surface area contributed by atoms with E-state index in [1.165, 1.54) is 17.6 Å². The number of fused-ring (bicyclic) bond motifs is 1. The zero-order valence-electron chi connectivity index (χ0n) is 20.4. The molecule has 1 aromatic heterocycles. The van der Waals surface area contributed by atoms with Gasteiger partial charge >= 0.3 is 5.97 Å². The molecule has 4 aromatic rings. The van der Waals surface area contributed by atoms with Gasteiger partial charge < -0.3 is 14.8 Å². The summed E-state index contributed by atoms with van der Waals surface area (Å²) in [4.78, 5) is 37.3. The van der Waals surface area contributed by atoms with Gasteiger partial charge in [-0.15, -0.1) is 11.3 Å². The highest BCUT2D eigenvalue weighted by molar-refractivity contribution is 7.21. The van der Waals surface area contributed by atoms with Crippen LogP contribution in [0.25, 0.3) is 10.1 Å². The Bertz CT molecular complexity index is 1480. The Hall–Kier alpha value is -4.21. The first kappa shape index (κ1) is 26.8. The molecule has 8 nitrogen and oxygen atoms in total. The Labute approximate surface area is 228 Å². The normalized spacial score (nSPS) is 10.9. The third-order valence-corrected chi connectivity index (χ3v) is 6.85. The lowest BCUT2D eigenvalue weighted by Crippen LogP contribution is -2.34. The molecule has 0 bridgehead atoms. The van der Waals surface area contributed by atoms with E-state index in [4.69, 9.17) is 21.1 Å². The highest BCUT2D eigenvalue weighted by Crippen LogP contribution is 2.35. The smallest absolute Gasteiger partial charge is 0.355 e. The Morgan fingerprint density at radius 2 is 1.79 bits per heavy atom. The molecule has 0 unspecified atom stereocenters. The molecule has 38 heavy (non-hydrogen) atoms. The molecule has 4 rings (SSSR count). The number of halogens is 1. The average molecular weight is 550 g/mol. The summed E-state index contributed by atoms with van der Waals surface area (Å²) in [5, 5.41) is 7.60. The van der Waals surface area contributed by atoms with Crippen LogP contribution in [-0.2, 0) is 4.79 Å². The highest BCUT2D eigenvalue weighted by atomic mass is 35.5. The molecular formula is C28H24ClN3O5S. The number of esters is 1. The van der Waals surface area contributed by atoms with Gasteiger partial charge in [0.1, 0.15) is 16.4 Å². The number of nitrogens with one attached hydrogen (secondary N) is 2. The number of carbonyl (C=O) groups excluding carboxylic acids is 3. The molecule has 0 aliphatic heterocycles. The van der Waals surface area contributed by atoms with E-state index in [9.17, 15) is 14.4 Å². The molecule has 0 aliphatic rings. The second-order valence-corrected chi connectivity index (χ2v) is 9.48. The van der Waals surface area contributed by atoms with E-state index in [-0.39, 0.29) is 12.5 Å². The van der Waals surface area contributed by atoms with Gasteiger partial charge in [0.15, 0.2) is 0 Å². The van der Waals surface area contributed by atoms with Crippen LogP contribution in [0.1, 0.15) is 38.9 Å². The van der Waals surface area contributed by atoms with Crippen molar-refractivity contribution in [2.24, 2.45) is 5.10 Å². The van der Waals surface area contributed by atoms with Crippen molar-refractivity contribution in [3.05, 3.63) is 93.8 Å². The topological polar surface area (TPSA) is 106 Å². The summed E-state index contributed by atoms with van der Waals surface area (Å²) in [6.07, 6.45) is 2.29. The van der Waals surface area contributed by atoms with Crippen molar-refractivity contribution in [1.82, 2.24) is 10.7 Å². The first-order valence-electron chi connectivity index (χ1n) is 11.8. The SMILES string of the molecule is CCCOc1ccc(C(=O)NCC(=O)N/N=C\c2cccc(OC(=O)c3sc4ccccc4c3Cl)c2)cc1. The molecule has 0 aliphatic carbocycles. The van der Waals surface area contributed by atoms with Crippen molar-refractivity contribution in [2.45, 2.75) is 13.3 Å². The van der Waals surface area contributed by atoms with Gasteiger partial charge in [-0.2, -0.15) is 5.10 Å². The van der Waals surface area contributed by atoms with Crippen molar-refractivity contribution in [2.75, 3.05) is 13.2 Å². The van der Waals surface area contributed by atoms with Crippen LogP contribution in [0.4, 0.5) is 0 Å². The summed E-state index contributed by atoms with van der Waals surface area (Å²) < 4.78 is 11.9. The zero-order valence-corrected chi connectivity index (χ0v) is 22.0. The van der Waals surface area contributed by atoms with Gasteiger partial charge in [-0.05, 0) is 54.4 Å². The minimum absolute atomic E-state index is 0.252. The second-order valence-electron chi connectivity index (χ2n) is 8.05. The Kier molecular flexibility index (Phi) is 9.07. The number of amides is 2. The molecule has 0 saturated heterocycles. The predicted molar refractivity (Wildman–Crippen MR) is 149 cm³/mol. The van der Waals surface area contributed by atoms with E-state index in [1.807, 2.05) is 31.2 Å². The van der Waals surface area contributed by atoms with E-state index < -0.39 is 11.9 Å². The first-order valence-corrected chi connectivity index (χ1v) is 13.0. The van der Waals surface area contributed by atoms with E-state index in [1.54, 1.807) is 48.5 Å². The fourth-order valence-electron chi connectivity index (χ4n) is 3.36. The number of thiophene rings is 1. The quantitative estimate of drug-likeness (QED) is 0.118. The van der Waals surface area contributed by atoms with Crippen LogP contribution in [0.3, 0.4) is 0 Å². The maximum Gasteiger partial charge on any atom is 0.355 e. The molecule has 1 heterocycles. The van der Waals surface area contributed by atoms with E-state index >= 15 is 0 Å². The number of rotatable bonds is 10. The minimum Gasteiger partial charge on any atom is -0.494 e. The Morgan fingerprint density at radius 3 is 2.55 bits per heavy atom. The molecule has 0 fully saturated rings. The fraction of sp³-hybridized carbons (Fsp3) is 0.143. The van der Waals surface area contributed by atoms with Gasteiger partial charge in [0.2, 0.25) is 0 Å². The summed E-state index contributed by atoms with van der Waals surface area (Å²) in [6.45, 7) is 2.36. The standard InChI is InChI=1S/C28H24ClN3O5S/c1-2-14-36-20-12-10-19(11-13-20)27(34)30-17-24(33)32-31-16-18-6-5-7-21(15-18)37-28(35)26-25(29)22-8-3-4-9-23(22)38-26/h3-13,15-16H,2,14,17H2,1H3,(H,30,34)(H,32,33)/b31-16-. The van der Waals surface area contributed by atoms with E-state index in [0.717, 1.165) is 16.5 Å². The number of hydrogen-bond donors (Lipinski definition) is 2. The molecule has 0 radical (unpaired) electrons. The van der Waals surface area contributed by atoms with Gasteiger partial charge in [-0.1, -0.05) is 48.9 Å². The highest BCUT2D eigenvalue weighted by Gasteiger charge is 2.19. The molecule has 2 amide bonds. The van der Waals surface area contributed by atoms with Crippen molar-refractivity contribution in [1.29, 1.82) is 0 Å². The van der Waals surface area contributed by atoms with Crippen LogP contribution in [0, 0.1) is 0 Å².